The van der Waals surface area contributed by atoms with Gasteiger partial charge in [-0.2, -0.15) is 0 Å². The van der Waals surface area contributed by atoms with Gasteiger partial charge in [0.05, 0.1) is 0 Å². The molecule has 0 fully saturated rings. The van der Waals surface area contributed by atoms with Crippen LogP contribution >= 0.6 is 11.3 Å². The lowest BCUT2D eigenvalue weighted by Gasteiger charge is -2.25. The van der Waals surface area contributed by atoms with Gasteiger partial charge in [-0.25, -0.2) is 4.79 Å². The number of aromatic carboxylic acids is 1. The van der Waals surface area contributed by atoms with Gasteiger partial charge >= 0.3 is 5.97 Å². The normalized spacial score (nSPS) is 11.7. The Kier molecular flexibility index (Phi) is 4.50. The summed E-state index contributed by atoms with van der Waals surface area (Å²) < 4.78 is 0. The smallest absolute Gasteiger partial charge is 0.345 e. The van der Waals surface area contributed by atoms with Crippen molar-refractivity contribution in [3.63, 3.8) is 0 Å². The fourth-order valence-electron chi connectivity index (χ4n) is 1.63. The molecule has 2 N–H and O–H groups in total. The van der Waals surface area contributed by atoms with E-state index in [1.54, 1.807) is 6.07 Å². The summed E-state index contributed by atoms with van der Waals surface area (Å²) in [6.45, 7) is 7.24. The summed E-state index contributed by atoms with van der Waals surface area (Å²) in [4.78, 5) is 12.2. The second-order valence-electron chi connectivity index (χ2n) is 4.56. The second kappa shape index (κ2) is 5.46. The molecule has 90 valence electrons. The highest BCUT2D eigenvalue weighted by molar-refractivity contribution is 7.13. The van der Waals surface area contributed by atoms with Gasteiger partial charge in [0.2, 0.25) is 0 Å². The van der Waals surface area contributed by atoms with E-state index in [0.717, 1.165) is 24.3 Å². The number of nitrogens with one attached hydrogen (secondary N) is 1. The number of carboxylic acids is 1. The molecular formula is C12H19NO2S. The first kappa shape index (κ1) is 13.2. The molecule has 0 aliphatic rings. The molecule has 0 bridgehead atoms. The molecule has 0 unspecified atom stereocenters. The highest BCUT2D eigenvalue weighted by atomic mass is 32.1. The van der Waals surface area contributed by atoms with Crippen LogP contribution in [0.25, 0.3) is 0 Å². The van der Waals surface area contributed by atoms with Gasteiger partial charge in [-0.3, -0.25) is 0 Å². The lowest BCUT2D eigenvalue weighted by molar-refractivity contribution is 0.0702. The van der Waals surface area contributed by atoms with E-state index >= 15 is 0 Å². The van der Waals surface area contributed by atoms with Crippen molar-refractivity contribution in [2.45, 2.75) is 45.7 Å². The van der Waals surface area contributed by atoms with Gasteiger partial charge in [0.1, 0.15) is 4.88 Å². The predicted molar refractivity (Wildman–Crippen MR) is 67.1 cm³/mol. The van der Waals surface area contributed by atoms with Crippen molar-refractivity contribution in [3.05, 3.63) is 21.9 Å². The maximum Gasteiger partial charge on any atom is 0.345 e. The van der Waals surface area contributed by atoms with Crippen molar-refractivity contribution >= 4 is 17.3 Å². The Morgan fingerprint density at radius 1 is 1.50 bits per heavy atom. The third-order valence-corrected chi connectivity index (χ3v) is 3.56. The maximum atomic E-state index is 10.7. The monoisotopic (exact) mass is 241 g/mol. The largest absolute Gasteiger partial charge is 0.477 e. The number of hydrogen-bond donors (Lipinski definition) is 2. The Morgan fingerprint density at radius 2 is 2.19 bits per heavy atom. The Balaban J connectivity index is 2.51. The summed E-state index contributed by atoms with van der Waals surface area (Å²) in [5.74, 6) is -0.843. The molecule has 0 aromatic carbocycles. The van der Waals surface area contributed by atoms with E-state index in [1.807, 2.05) is 6.07 Å². The molecule has 1 aromatic rings. The Hall–Kier alpha value is -0.870. The lowest BCUT2D eigenvalue weighted by Crippen LogP contribution is -2.38. The summed E-state index contributed by atoms with van der Waals surface area (Å²) in [5, 5.41) is 12.2. The van der Waals surface area contributed by atoms with Crippen molar-refractivity contribution in [2.24, 2.45) is 0 Å². The van der Waals surface area contributed by atoms with Gasteiger partial charge in [-0.1, -0.05) is 13.3 Å². The summed E-state index contributed by atoms with van der Waals surface area (Å²) in [6.07, 6.45) is 2.26. The Bertz CT molecular complexity index is 358. The van der Waals surface area contributed by atoms with Crippen LogP contribution in [-0.4, -0.2) is 16.6 Å². The third kappa shape index (κ3) is 3.94. The molecule has 0 radical (unpaired) electrons. The maximum absolute atomic E-state index is 10.7. The van der Waals surface area contributed by atoms with E-state index < -0.39 is 5.97 Å². The summed E-state index contributed by atoms with van der Waals surface area (Å²) in [5.41, 5.74) is 0.113. The first-order valence-corrected chi connectivity index (χ1v) is 6.33. The molecule has 0 spiro atoms. The number of thiophene rings is 1. The summed E-state index contributed by atoms with van der Waals surface area (Å²) in [7, 11) is 0. The second-order valence-corrected chi connectivity index (χ2v) is 5.73. The van der Waals surface area contributed by atoms with Gasteiger partial charge in [0.25, 0.3) is 0 Å². The molecule has 1 aromatic heterocycles. The van der Waals surface area contributed by atoms with Crippen molar-refractivity contribution in [2.75, 3.05) is 0 Å². The fourth-order valence-corrected chi connectivity index (χ4v) is 2.41. The van der Waals surface area contributed by atoms with Gasteiger partial charge in [-0.05, 0) is 32.4 Å². The van der Waals surface area contributed by atoms with Crippen LogP contribution in [0.2, 0.25) is 0 Å². The minimum Gasteiger partial charge on any atom is -0.477 e. The minimum atomic E-state index is -0.843. The third-order valence-electron chi connectivity index (χ3n) is 2.49. The zero-order chi connectivity index (χ0) is 12.2. The molecule has 0 saturated heterocycles. The van der Waals surface area contributed by atoms with Crippen molar-refractivity contribution in [1.82, 2.24) is 5.32 Å². The predicted octanol–water partition coefficient (Wildman–Crippen LogP) is 3.11. The molecule has 0 saturated carbocycles. The van der Waals surface area contributed by atoms with E-state index in [-0.39, 0.29) is 5.54 Å². The van der Waals surface area contributed by atoms with Crippen molar-refractivity contribution in [3.8, 4) is 0 Å². The molecular weight excluding hydrogens is 222 g/mol. The first-order valence-electron chi connectivity index (χ1n) is 5.51. The lowest BCUT2D eigenvalue weighted by atomic mass is 9.99. The van der Waals surface area contributed by atoms with Crippen LogP contribution in [0.4, 0.5) is 0 Å². The molecule has 1 heterocycles. The Labute approximate surface area is 100 Å². The van der Waals surface area contributed by atoms with Crippen LogP contribution in [0.3, 0.4) is 0 Å². The van der Waals surface area contributed by atoms with Crippen molar-refractivity contribution < 1.29 is 9.90 Å². The van der Waals surface area contributed by atoms with E-state index in [0.29, 0.717) is 4.88 Å². The van der Waals surface area contributed by atoms with E-state index in [1.165, 1.54) is 11.3 Å². The molecule has 3 nitrogen and oxygen atoms in total. The fraction of sp³-hybridized carbons (Fsp3) is 0.583. The molecule has 16 heavy (non-hydrogen) atoms. The molecule has 4 heteroatoms. The number of carbonyl (C=O) groups is 1. The van der Waals surface area contributed by atoms with Crippen LogP contribution in [0, 0.1) is 0 Å². The van der Waals surface area contributed by atoms with Crippen molar-refractivity contribution in [1.29, 1.82) is 0 Å². The highest BCUT2D eigenvalue weighted by Crippen LogP contribution is 2.18. The number of hydrogen-bond acceptors (Lipinski definition) is 3. The molecule has 0 aliphatic heterocycles. The highest BCUT2D eigenvalue weighted by Gasteiger charge is 2.16. The van der Waals surface area contributed by atoms with Crippen LogP contribution in [0.5, 0.6) is 0 Å². The van der Waals surface area contributed by atoms with Crippen LogP contribution in [0.15, 0.2) is 12.1 Å². The zero-order valence-corrected chi connectivity index (χ0v) is 10.9. The van der Waals surface area contributed by atoms with Crippen LogP contribution < -0.4 is 5.32 Å². The molecule has 1 rings (SSSR count). The summed E-state index contributed by atoms with van der Waals surface area (Å²) in [6, 6.07) is 3.54. The number of carboxylic acid groups (broad SMARTS) is 1. The first-order chi connectivity index (χ1) is 7.44. The molecule has 0 aliphatic carbocycles. The van der Waals surface area contributed by atoms with E-state index in [2.05, 4.69) is 26.1 Å². The van der Waals surface area contributed by atoms with Gasteiger partial charge in [0, 0.05) is 17.0 Å². The molecule has 0 amide bonds. The van der Waals surface area contributed by atoms with Crippen LogP contribution in [-0.2, 0) is 6.54 Å². The minimum absolute atomic E-state index is 0.113. The SMILES string of the molecule is CCCC(C)(C)NCc1ccc(C(=O)O)s1. The number of rotatable bonds is 6. The standard InChI is InChI=1S/C12H19NO2S/c1-4-7-12(2,3)13-8-9-5-6-10(16-9)11(14)15/h5-6,13H,4,7-8H2,1-3H3,(H,14,15). The zero-order valence-electron chi connectivity index (χ0n) is 10.0. The van der Waals surface area contributed by atoms with E-state index in [9.17, 15) is 4.79 Å². The molecule has 0 atom stereocenters. The van der Waals surface area contributed by atoms with Gasteiger partial charge < -0.3 is 10.4 Å². The topological polar surface area (TPSA) is 49.3 Å². The van der Waals surface area contributed by atoms with Gasteiger partial charge in [0.15, 0.2) is 0 Å². The van der Waals surface area contributed by atoms with E-state index in [4.69, 9.17) is 5.11 Å². The quantitative estimate of drug-likeness (QED) is 0.804. The Morgan fingerprint density at radius 3 is 2.69 bits per heavy atom. The summed E-state index contributed by atoms with van der Waals surface area (Å²) >= 11 is 1.34. The average Bonchev–Trinajstić information content (AvgIpc) is 2.63. The van der Waals surface area contributed by atoms with Crippen LogP contribution in [0.1, 0.15) is 48.2 Å². The average molecular weight is 241 g/mol. The van der Waals surface area contributed by atoms with Gasteiger partial charge in [-0.15, -0.1) is 11.3 Å².